The number of carboxylic acid groups (broad SMARTS) is 1. The lowest BCUT2D eigenvalue weighted by Crippen LogP contribution is -2.57. The normalized spacial score (nSPS) is 13.6. The van der Waals surface area contributed by atoms with Crippen LogP contribution in [0.25, 0.3) is 0 Å². The van der Waals surface area contributed by atoms with Crippen molar-refractivity contribution in [3.8, 4) is 0 Å². The molecule has 10 N–H and O–H groups in total. The topological polar surface area (TPSA) is 284 Å². The molecule has 2 aromatic rings. The second kappa shape index (κ2) is 22.6. The molecule has 0 saturated carbocycles. The summed E-state index contributed by atoms with van der Waals surface area (Å²) in [4.78, 5) is 112. The van der Waals surface area contributed by atoms with Gasteiger partial charge in [-0.3, -0.25) is 38.4 Å². The first kappa shape index (κ1) is 45.6. The maximum absolute atomic E-state index is 13.6. The molecule has 0 saturated heterocycles. The van der Waals surface area contributed by atoms with E-state index >= 15 is 0 Å². The van der Waals surface area contributed by atoms with Gasteiger partial charge in [0, 0.05) is 18.6 Å². The third-order valence-electron chi connectivity index (χ3n) is 8.12. The number of carbonyl (C=O) groups is 9. The van der Waals surface area contributed by atoms with Crippen molar-refractivity contribution in [2.24, 2.45) is 17.6 Å². The van der Waals surface area contributed by atoms with E-state index in [1.807, 2.05) is 0 Å². The van der Waals surface area contributed by atoms with E-state index in [4.69, 9.17) is 5.73 Å². The fourth-order valence-electron chi connectivity index (χ4n) is 5.04. The molecule has 8 amide bonds. The number of rotatable bonds is 21. The van der Waals surface area contributed by atoms with E-state index in [-0.39, 0.29) is 12.3 Å². The number of nitrogens with two attached hydrogens (primary N) is 1. The average molecular weight is 779 g/mol. The molecule has 0 aromatic heterocycles. The largest absolute Gasteiger partial charge is 0.480 e. The van der Waals surface area contributed by atoms with Crippen LogP contribution in [-0.2, 0) is 49.6 Å². The van der Waals surface area contributed by atoms with Crippen molar-refractivity contribution < 1.29 is 48.3 Å². The molecule has 18 heteroatoms. The van der Waals surface area contributed by atoms with Crippen LogP contribution < -0.4 is 43.0 Å². The molecule has 0 radical (unpaired) electrons. The van der Waals surface area contributed by atoms with E-state index in [1.165, 1.54) is 6.92 Å². The quantitative estimate of drug-likeness (QED) is 0.0677. The van der Waals surface area contributed by atoms with Gasteiger partial charge in [-0.25, -0.2) is 4.79 Å². The maximum Gasteiger partial charge on any atom is 0.326 e. The second-order valence-electron chi connectivity index (χ2n) is 13.4. The standard InChI is InChI=1S/C38H50N8O10/c1-21(2)31(34(39)51)44-36(53)32(22(3)4)45-37(54)33(25-14-10-7-11-15-25)46-35(52)23(5)42-28(48)17-16-27(47)40-19-29(49)41-20-30(50)43-26(38(55)56)18-24-12-8-6-9-13-24/h6-17,21-23,26,31-33H,18-20H2,1-5H3,(H2,39,51)(H,40,47)(H,41,49)(H,42,48)(H,43,50)(H,44,53)(H,45,54)(H,46,52)(H,55,56). The summed E-state index contributed by atoms with van der Waals surface area (Å²) in [6, 6.07) is 10.9. The summed E-state index contributed by atoms with van der Waals surface area (Å²) < 4.78 is 0. The highest BCUT2D eigenvalue weighted by atomic mass is 16.4. The number of nitrogens with one attached hydrogen (secondary N) is 7. The Hall–Kier alpha value is -6.59. The Labute approximate surface area is 324 Å². The summed E-state index contributed by atoms with van der Waals surface area (Å²) in [6.07, 6.45) is 1.65. The zero-order valence-corrected chi connectivity index (χ0v) is 31.8. The monoisotopic (exact) mass is 778 g/mol. The molecule has 2 rings (SSSR count). The van der Waals surface area contributed by atoms with Crippen LogP contribution in [0.3, 0.4) is 0 Å². The van der Waals surface area contributed by atoms with Crippen LogP contribution in [0, 0.1) is 11.8 Å². The van der Waals surface area contributed by atoms with Crippen molar-refractivity contribution >= 4 is 53.2 Å². The van der Waals surface area contributed by atoms with Crippen molar-refractivity contribution in [1.82, 2.24) is 37.2 Å². The van der Waals surface area contributed by atoms with Crippen molar-refractivity contribution in [2.45, 2.75) is 71.2 Å². The van der Waals surface area contributed by atoms with Gasteiger partial charge in [0.1, 0.15) is 30.2 Å². The molecule has 0 aliphatic heterocycles. The van der Waals surface area contributed by atoms with Crippen LogP contribution in [0.2, 0.25) is 0 Å². The summed E-state index contributed by atoms with van der Waals surface area (Å²) >= 11 is 0. The van der Waals surface area contributed by atoms with Gasteiger partial charge in [0.2, 0.25) is 47.3 Å². The fraction of sp³-hybridized carbons (Fsp3) is 0.395. The van der Waals surface area contributed by atoms with Crippen LogP contribution >= 0.6 is 0 Å². The van der Waals surface area contributed by atoms with Gasteiger partial charge >= 0.3 is 5.97 Å². The molecule has 0 heterocycles. The minimum absolute atomic E-state index is 0.0294. The molecule has 0 spiro atoms. The average Bonchev–Trinajstić information content (AvgIpc) is 3.15. The molecule has 302 valence electrons. The van der Waals surface area contributed by atoms with E-state index in [9.17, 15) is 48.3 Å². The van der Waals surface area contributed by atoms with Crippen molar-refractivity contribution in [2.75, 3.05) is 13.1 Å². The summed E-state index contributed by atoms with van der Waals surface area (Å²) in [7, 11) is 0. The molecule has 2 aromatic carbocycles. The number of hydrogen-bond donors (Lipinski definition) is 9. The van der Waals surface area contributed by atoms with Crippen LogP contribution in [0.15, 0.2) is 72.8 Å². The van der Waals surface area contributed by atoms with E-state index < -0.39 is 102 Å². The summed E-state index contributed by atoms with van der Waals surface area (Å²) in [5.41, 5.74) is 6.49. The smallest absolute Gasteiger partial charge is 0.326 e. The van der Waals surface area contributed by atoms with Crippen molar-refractivity contribution in [3.63, 3.8) is 0 Å². The minimum atomic E-state index is -1.31. The minimum Gasteiger partial charge on any atom is -0.480 e. The van der Waals surface area contributed by atoms with Crippen LogP contribution in [-0.4, -0.2) is 95.6 Å². The summed E-state index contributed by atoms with van der Waals surface area (Å²) in [6.45, 7) is 6.98. The SMILES string of the molecule is CC(NC(=O)C=CC(=O)NCC(=O)NCC(=O)NC(Cc1ccccc1)C(=O)O)C(=O)NC(C(=O)NC(C(=O)NC(C(N)=O)C(C)C)C(C)C)c1ccccc1. The Morgan fingerprint density at radius 1 is 0.607 bits per heavy atom. The Kier molecular flexibility index (Phi) is 18.4. The first-order valence-corrected chi connectivity index (χ1v) is 17.7. The zero-order chi connectivity index (χ0) is 41.9. The van der Waals surface area contributed by atoms with E-state index in [0.29, 0.717) is 11.1 Å². The van der Waals surface area contributed by atoms with Gasteiger partial charge in [-0.1, -0.05) is 88.4 Å². The number of carboxylic acids is 1. The Morgan fingerprint density at radius 2 is 1.14 bits per heavy atom. The molecule has 56 heavy (non-hydrogen) atoms. The van der Waals surface area contributed by atoms with Gasteiger partial charge in [-0.05, 0) is 29.9 Å². The predicted octanol–water partition coefficient (Wildman–Crippen LogP) is -1.28. The highest BCUT2D eigenvalue weighted by molar-refractivity contribution is 6.00. The van der Waals surface area contributed by atoms with E-state index in [2.05, 4.69) is 37.2 Å². The summed E-state index contributed by atoms with van der Waals surface area (Å²) in [5, 5.41) is 26.4. The highest BCUT2D eigenvalue weighted by Gasteiger charge is 2.33. The Bertz CT molecular complexity index is 1750. The van der Waals surface area contributed by atoms with Crippen LogP contribution in [0.5, 0.6) is 0 Å². The molecule has 5 atom stereocenters. The van der Waals surface area contributed by atoms with Gasteiger partial charge in [0.25, 0.3) is 0 Å². The molecule has 0 fully saturated rings. The van der Waals surface area contributed by atoms with Gasteiger partial charge in [-0.2, -0.15) is 0 Å². The van der Waals surface area contributed by atoms with Gasteiger partial charge in [-0.15, -0.1) is 0 Å². The third-order valence-corrected chi connectivity index (χ3v) is 8.12. The number of hydrogen-bond acceptors (Lipinski definition) is 9. The number of primary amides is 1. The maximum atomic E-state index is 13.6. The molecule has 0 aliphatic carbocycles. The first-order chi connectivity index (χ1) is 26.4. The predicted molar refractivity (Wildman–Crippen MR) is 203 cm³/mol. The van der Waals surface area contributed by atoms with Gasteiger partial charge in [0.15, 0.2) is 0 Å². The van der Waals surface area contributed by atoms with Gasteiger partial charge in [0.05, 0.1) is 13.1 Å². The lowest BCUT2D eigenvalue weighted by Gasteiger charge is -2.28. The molecule has 18 nitrogen and oxygen atoms in total. The highest BCUT2D eigenvalue weighted by Crippen LogP contribution is 2.15. The van der Waals surface area contributed by atoms with Gasteiger partial charge < -0.3 is 48.1 Å². The zero-order valence-electron chi connectivity index (χ0n) is 31.8. The number of carbonyl (C=O) groups excluding carboxylic acids is 8. The third kappa shape index (κ3) is 15.8. The molecular formula is C38H50N8O10. The molecule has 0 aliphatic rings. The number of benzene rings is 2. The van der Waals surface area contributed by atoms with Crippen molar-refractivity contribution in [1.29, 1.82) is 0 Å². The Balaban J connectivity index is 1.92. The lowest BCUT2D eigenvalue weighted by atomic mass is 9.98. The first-order valence-electron chi connectivity index (χ1n) is 17.7. The Morgan fingerprint density at radius 3 is 1.70 bits per heavy atom. The number of amides is 8. The fourth-order valence-corrected chi connectivity index (χ4v) is 5.04. The second-order valence-corrected chi connectivity index (χ2v) is 13.4. The molecular weight excluding hydrogens is 728 g/mol. The van der Waals surface area contributed by atoms with Crippen molar-refractivity contribution in [3.05, 3.63) is 83.9 Å². The molecule has 5 unspecified atom stereocenters. The lowest BCUT2D eigenvalue weighted by molar-refractivity contribution is -0.141. The van der Waals surface area contributed by atoms with Crippen LogP contribution in [0.1, 0.15) is 51.8 Å². The molecule has 0 bridgehead atoms. The number of aliphatic carboxylic acids is 1. The van der Waals surface area contributed by atoms with E-state index in [1.54, 1.807) is 88.4 Å². The summed E-state index contributed by atoms with van der Waals surface area (Å²) in [5.74, 6) is -8.16. The van der Waals surface area contributed by atoms with E-state index in [0.717, 1.165) is 12.2 Å². The van der Waals surface area contributed by atoms with Crippen LogP contribution in [0.4, 0.5) is 0 Å².